The molecule has 0 amide bonds. The molecule has 0 spiro atoms. The third kappa shape index (κ3) is 4.07. The minimum absolute atomic E-state index is 0.0388. The van der Waals surface area contributed by atoms with Crippen molar-refractivity contribution in [3.8, 4) is 11.4 Å². The highest BCUT2D eigenvalue weighted by atomic mass is 16.5. The maximum absolute atomic E-state index is 5.45. The Hall–Kier alpha value is -2.05. The second-order valence-corrected chi connectivity index (χ2v) is 6.73. The number of ether oxygens (including phenoxy) is 1. The molecule has 0 aromatic carbocycles. The maximum Gasteiger partial charge on any atom is 0.163 e. The number of morpholine rings is 1. The summed E-state index contributed by atoms with van der Waals surface area (Å²) in [5, 5.41) is 3.48. The Kier molecular flexibility index (Phi) is 5.06. The predicted octanol–water partition coefficient (Wildman–Crippen LogP) is 2.37. The second-order valence-electron chi connectivity index (χ2n) is 6.73. The molecule has 0 aliphatic carbocycles. The van der Waals surface area contributed by atoms with Crippen molar-refractivity contribution in [3.05, 3.63) is 36.3 Å². The van der Waals surface area contributed by atoms with Crippen molar-refractivity contribution in [3.63, 3.8) is 0 Å². The minimum atomic E-state index is 0.0388. The molecule has 0 radical (unpaired) electrons. The number of nitrogens with one attached hydrogen (secondary N) is 1. The van der Waals surface area contributed by atoms with Gasteiger partial charge < -0.3 is 10.1 Å². The van der Waals surface area contributed by atoms with E-state index in [-0.39, 0.29) is 5.54 Å². The van der Waals surface area contributed by atoms with Crippen molar-refractivity contribution in [2.75, 3.05) is 38.2 Å². The molecule has 24 heavy (non-hydrogen) atoms. The fourth-order valence-corrected chi connectivity index (χ4v) is 2.87. The Labute approximate surface area is 143 Å². The Bertz CT molecular complexity index is 668. The van der Waals surface area contributed by atoms with E-state index < -0.39 is 0 Å². The average Bonchev–Trinajstić information content (AvgIpc) is 2.61. The zero-order valence-electron chi connectivity index (χ0n) is 14.6. The van der Waals surface area contributed by atoms with Gasteiger partial charge in [-0.3, -0.25) is 9.88 Å². The highest BCUT2D eigenvalue weighted by molar-refractivity contribution is 5.56. The summed E-state index contributed by atoms with van der Waals surface area (Å²) in [5.74, 6) is 1.55. The number of anilines is 1. The quantitative estimate of drug-likeness (QED) is 0.910. The van der Waals surface area contributed by atoms with Crippen LogP contribution in [0.25, 0.3) is 11.4 Å². The molecule has 0 saturated carbocycles. The molecule has 2 aromatic rings. The van der Waals surface area contributed by atoms with Gasteiger partial charge in [0.2, 0.25) is 0 Å². The van der Waals surface area contributed by atoms with Gasteiger partial charge in [0.1, 0.15) is 5.82 Å². The van der Waals surface area contributed by atoms with Crippen LogP contribution in [0.2, 0.25) is 0 Å². The summed E-state index contributed by atoms with van der Waals surface area (Å²) in [6.45, 7) is 10.9. The summed E-state index contributed by atoms with van der Waals surface area (Å²) in [6.07, 6.45) is 3.54. The van der Waals surface area contributed by atoms with Crippen LogP contribution >= 0.6 is 0 Å². The summed E-state index contributed by atoms with van der Waals surface area (Å²) >= 11 is 0. The topological polar surface area (TPSA) is 63.2 Å². The Morgan fingerprint density at radius 2 is 2.04 bits per heavy atom. The molecule has 0 atom stereocenters. The largest absolute Gasteiger partial charge is 0.379 e. The van der Waals surface area contributed by atoms with E-state index in [4.69, 9.17) is 4.74 Å². The molecule has 6 nitrogen and oxygen atoms in total. The number of aryl methyl sites for hydroxylation is 1. The third-order valence-electron chi connectivity index (χ3n) is 4.34. The van der Waals surface area contributed by atoms with Crippen molar-refractivity contribution in [1.29, 1.82) is 0 Å². The molecule has 1 fully saturated rings. The summed E-state index contributed by atoms with van der Waals surface area (Å²) in [5.41, 5.74) is 1.91. The molecule has 2 aromatic heterocycles. The van der Waals surface area contributed by atoms with Crippen molar-refractivity contribution >= 4 is 5.82 Å². The van der Waals surface area contributed by atoms with Gasteiger partial charge in [-0.05, 0) is 32.9 Å². The average molecular weight is 327 g/mol. The predicted molar refractivity (Wildman–Crippen MR) is 95.0 cm³/mol. The van der Waals surface area contributed by atoms with Gasteiger partial charge in [-0.25, -0.2) is 9.97 Å². The van der Waals surface area contributed by atoms with Crippen LogP contribution < -0.4 is 5.32 Å². The monoisotopic (exact) mass is 327 g/mol. The first-order valence-electron chi connectivity index (χ1n) is 8.37. The zero-order valence-corrected chi connectivity index (χ0v) is 14.6. The first-order valence-corrected chi connectivity index (χ1v) is 8.37. The number of pyridine rings is 1. The van der Waals surface area contributed by atoms with Crippen LogP contribution in [0.1, 0.15) is 19.5 Å². The van der Waals surface area contributed by atoms with E-state index in [1.807, 2.05) is 25.1 Å². The second kappa shape index (κ2) is 7.23. The van der Waals surface area contributed by atoms with Gasteiger partial charge in [0.05, 0.1) is 13.2 Å². The molecule has 3 rings (SSSR count). The van der Waals surface area contributed by atoms with Crippen LogP contribution in [-0.4, -0.2) is 58.2 Å². The molecule has 3 heterocycles. The third-order valence-corrected chi connectivity index (χ3v) is 4.34. The molecule has 6 heteroatoms. The normalized spacial score (nSPS) is 16.1. The lowest BCUT2D eigenvalue weighted by molar-refractivity contribution is -0.00570. The van der Waals surface area contributed by atoms with E-state index in [1.54, 1.807) is 12.4 Å². The van der Waals surface area contributed by atoms with Crippen LogP contribution in [0.3, 0.4) is 0 Å². The lowest BCUT2D eigenvalue weighted by atomic mass is 10.0. The zero-order chi connectivity index (χ0) is 17.0. The highest BCUT2D eigenvalue weighted by Crippen LogP contribution is 2.20. The lowest BCUT2D eigenvalue weighted by Gasteiger charge is -2.41. The first-order chi connectivity index (χ1) is 11.5. The van der Waals surface area contributed by atoms with Crippen LogP contribution in [0.4, 0.5) is 5.82 Å². The molecular weight excluding hydrogens is 302 g/mol. The summed E-state index contributed by atoms with van der Waals surface area (Å²) in [7, 11) is 0. The molecule has 1 aliphatic heterocycles. The van der Waals surface area contributed by atoms with Crippen molar-refractivity contribution in [1.82, 2.24) is 19.9 Å². The van der Waals surface area contributed by atoms with Gasteiger partial charge in [0, 0.05) is 54.9 Å². The summed E-state index contributed by atoms with van der Waals surface area (Å²) in [4.78, 5) is 15.8. The van der Waals surface area contributed by atoms with Crippen molar-refractivity contribution < 1.29 is 4.74 Å². The fraction of sp³-hybridized carbons (Fsp3) is 0.500. The van der Waals surface area contributed by atoms with Gasteiger partial charge in [-0.2, -0.15) is 0 Å². The van der Waals surface area contributed by atoms with E-state index in [0.29, 0.717) is 5.82 Å². The van der Waals surface area contributed by atoms with Crippen LogP contribution in [-0.2, 0) is 4.74 Å². The fourth-order valence-electron chi connectivity index (χ4n) is 2.87. The molecule has 1 aliphatic rings. The van der Waals surface area contributed by atoms with Crippen LogP contribution in [0.15, 0.2) is 30.6 Å². The minimum Gasteiger partial charge on any atom is -0.379 e. The molecule has 0 unspecified atom stereocenters. The standard InChI is InChI=1S/C18H25N5O/c1-14-11-16(22-17(21-14)15-5-4-6-19-12-15)20-13-18(2,3)23-7-9-24-10-8-23/h4-6,11-12H,7-10,13H2,1-3H3,(H,20,21,22). The molecule has 1 saturated heterocycles. The molecular formula is C18H25N5O. The molecule has 0 bridgehead atoms. The Morgan fingerprint density at radius 1 is 1.25 bits per heavy atom. The number of aromatic nitrogens is 3. The molecule has 128 valence electrons. The summed E-state index contributed by atoms with van der Waals surface area (Å²) < 4.78 is 5.45. The Morgan fingerprint density at radius 3 is 2.75 bits per heavy atom. The summed E-state index contributed by atoms with van der Waals surface area (Å²) in [6, 6.07) is 5.86. The van der Waals surface area contributed by atoms with Gasteiger partial charge in [0.25, 0.3) is 0 Å². The van der Waals surface area contributed by atoms with Crippen LogP contribution in [0.5, 0.6) is 0 Å². The van der Waals surface area contributed by atoms with Crippen LogP contribution in [0, 0.1) is 6.92 Å². The van der Waals surface area contributed by atoms with Gasteiger partial charge in [-0.1, -0.05) is 0 Å². The smallest absolute Gasteiger partial charge is 0.163 e. The number of hydrogen-bond acceptors (Lipinski definition) is 6. The number of hydrogen-bond donors (Lipinski definition) is 1. The van der Waals surface area contributed by atoms with Gasteiger partial charge in [0.15, 0.2) is 5.82 Å². The van der Waals surface area contributed by atoms with Crippen molar-refractivity contribution in [2.45, 2.75) is 26.3 Å². The molecule has 1 N–H and O–H groups in total. The highest BCUT2D eigenvalue weighted by Gasteiger charge is 2.28. The van der Waals surface area contributed by atoms with E-state index >= 15 is 0 Å². The van der Waals surface area contributed by atoms with Gasteiger partial charge >= 0.3 is 0 Å². The lowest BCUT2D eigenvalue weighted by Crippen LogP contribution is -2.53. The van der Waals surface area contributed by atoms with Gasteiger partial charge in [-0.15, -0.1) is 0 Å². The van der Waals surface area contributed by atoms with E-state index in [1.165, 1.54) is 0 Å². The maximum atomic E-state index is 5.45. The van der Waals surface area contributed by atoms with E-state index in [9.17, 15) is 0 Å². The number of rotatable bonds is 5. The number of nitrogens with zero attached hydrogens (tertiary/aromatic N) is 4. The SMILES string of the molecule is Cc1cc(NCC(C)(C)N2CCOCC2)nc(-c2cccnc2)n1. The first kappa shape index (κ1) is 16.8. The Balaban J connectivity index is 1.72. The van der Waals surface area contributed by atoms with E-state index in [2.05, 4.69) is 39.0 Å². The van der Waals surface area contributed by atoms with Crippen molar-refractivity contribution in [2.24, 2.45) is 0 Å². The van der Waals surface area contributed by atoms with E-state index in [0.717, 1.165) is 49.9 Å².